The van der Waals surface area contributed by atoms with Crippen LogP contribution in [-0.2, 0) is 4.79 Å². The number of aryl methyl sites for hydroxylation is 1. The van der Waals surface area contributed by atoms with Crippen LogP contribution in [0.4, 0.5) is 0 Å². The van der Waals surface area contributed by atoms with E-state index in [4.69, 9.17) is 9.15 Å². The molecule has 5 nitrogen and oxygen atoms in total. The molecule has 0 unspecified atom stereocenters. The third-order valence-corrected chi connectivity index (χ3v) is 5.46. The fourth-order valence-electron chi connectivity index (χ4n) is 4.02. The van der Waals surface area contributed by atoms with Gasteiger partial charge in [-0.05, 0) is 19.3 Å². The van der Waals surface area contributed by atoms with Gasteiger partial charge in [0.25, 0.3) is 0 Å². The van der Waals surface area contributed by atoms with Crippen molar-refractivity contribution >= 4 is 5.91 Å². The number of nitrogens with zero attached hydrogens (tertiary/aromatic N) is 1. The monoisotopic (exact) mass is 347 g/mol. The van der Waals surface area contributed by atoms with Crippen molar-refractivity contribution in [2.24, 2.45) is 5.92 Å². The number of hydrogen-bond donors (Lipinski definition) is 0. The average molecular weight is 347 g/mol. The van der Waals surface area contributed by atoms with Crippen molar-refractivity contribution in [2.75, 3.05) is 13.1 Å². The molecule has 1 aromatic heterocycles. The lowest BCUT2D eigenvalue weighted by molar-refractivity contribution is -0.133. The summed E-state index contributed by atoms with van der Waals surface area (Å²) in [5.41, 5.74) is -0.384. The molecule has 0 aromatic carbocycles. The molecule has 0 spiro atoms. The maximum Gasteiger partial charge on any atom is 0.339 e. The van der Waals surface area contributed by atoms with Gasteiger partial charge >= 0.3 is 5.63 Å². The standard InChI is InChI=1S/C20H29NO4/c1-15-13-18(14-20(23)24-15)25-17-9-11-21(12-10-17)19(22)8-7-16-5-3-2-4-6-16/h13-14,16-17H,2-12H2,1H3. The molecule has 138 valence electrons. The molecule has 1 saturated carbocycles. The zero-order valence-corrected chi connectivity index (χ0v) is 15.2. The molecular weight excluding hydrogens is 318 g/mol. The zero-order chi connectivity index (χ0) is 17.6. The minimum atomic E-state index is -0.384. The fraction of sp³-hybridized carbons (Fsp3) is 0.700. The Morgan fingerprint density at radius 3 is 2.56 bits per heavy atom. The van der Waals surface area contributed by atoms with E-state index in [1.807, 2.05) is 4.90 Å². The van der Waals surface area contributed by atoms with Crippen LogP contribution in [0.1, 0.15) is 63.5 Å². The zero-order valence-electron chi connectivity index (χ0n) is 15.2. The normalized spacial score (nSPS) is 19.8. The molecule has 2 fully saturated rings. The van der Waals surface area contributed by atoms with Crippen LogP contribution < -0.4 is 10.4 Å². The fourth-order valence-corrected chi connectivity index (χ4v) is 4.02. The molecule has 2 aliphatic rings. The summed E-state index contributed by atoms with van der Waals surface area (Å²) >= 11 is 0. The quantitative estimate of drug-likeness (QED) is 0.815. The number of rotatable bonds is 5. The van der Waals surface area contributed by atoms with Gasteiger partial charge in [-0.1, -0.05) is 32.1 Å². The maximum absolute atomic E-state index is 12.4. The van der Waals surface area contributed by atoms with Gasteiger partial charge in [-0.15, -0.1) is 0 Å². The molecule has 2 heterocycles. The summed E-state index contributed by atoms with van der Waals surface area (Å²) in [5, 5.41) is 0. The van der Waals surface area contributed by atoms with Gasteiger partial charge in [0, 0.05) is 38.4 Å². The largest absolute Gasteiger partial charge is 0.490 e. The highest BCUT2D eigenvalue weighted by molar-refractivity contribution is 5.76. The van der Waals surface area contributed by atoms with E-state index in [0.717, 1.165) is 38.3 Å². The Hall–Kier alpha value is -1.78. The summed E-state index contributed by atoms with van der Waals surface area (Å²) in [6.45, 7) is 3.23. The van der Waals surface area contributed by atoms with Crippen LogP contribution in [0.15, 0.2) is 21.3 Å². The minimum absolute atomic E-state index is 0.0589. The van der Waals surface area contributed by atoms with Gasteiger partial charge in [-0.2, -0.15) is 0 Å². The molecule has 0 radical (unpaired) electrons. The van der Waals surface area contributed by atoms with Crippen LogP contribution in [0.5, 0.6) is 5.75 Å². The number of hydrogen-bond acceptors (Lipinski definition) is 4. The van der Waals surface area contributed by atoms with Gasteiger partial charge in [0.2, 0.25) is 5.91 Å². The lowest BCUT2D eigenvalue weighted by Crippen LogP contribution is -2.41. The van der Waals surface area contributed by atoms with Crippen molar-refractivity contribution in [1.82, 2.24) is 4.90 Å². The second-order valence-corrected chi connectivity index (χ2v) is 7.46. The predicted octanol–water partition coefficient (Wildman–Crippen LogP) is 3.68. The van der Waals surface area contributed by atoms with Gasteiger partial charge in [-0.3, -0.25) is 4.79 Å². The average Bonchev–Trinajstić information content (AvgIpc) is 2.60. The Morgan fingerprint density at radius 1 is 1.16 bits per heavy atom. The first kappa shape index (κ1) is 18.0. The van der Waals surface area contributed by atoms with Gasteiger partial charge < -0.3 is 14.1 Å². The SMILES string of the molecule is Cc1cc(OC2CCN(C(=O)CCC3CCCCC3)CC2)cc(=O)o1. The number of likely N-dealkylation sites (tertiary alicyclic amines) is 1. The van der Waals surface area contributed by atoms with Crippen LogP contribution in [0.2, 0.25) is 0 Å². The molecule has 1 aliphatic heterocycles. The summed E-state index contributed by atoms with van der Waals surface area (Å²) in [4.78, 5) is 25.8. The number of carbonyl (C=O) groups excluding carboxylic acids is 1. The van der Waals surface area contributed by atoms with Crippen LogP contribution in [0, 0.1) is 12.8 Å². The Balaban J connectivity index is 1.41. The predicted molar refractivity (Wildman–Crippen MR) is 95.8 cm³/mol. The van der Waals surface area contributed by atoms with E-state index >= 15 is 0 Å². The van der Waals surface area contributed by atoms with Crippen LogP contribution in [0.25, 0.3) is 0 Å². The topological polar surface area (TPSA) is 59.8 Å². The molecular formula is C20H29NO4. The molecule has 0 atom stereocenters. The first-order chi connectivity index (χ1) is 12.1. The van der Waals surface area contributed by atoms with Gasteiger partial charge in [-0.25, -0.2) is 4.79 Å². The minimum Gasteiger partial charge on any atom is -0.490 e. The van der Waals surface area contributed by atoms with E-state index < -0.39 is 0 Å². The first-order valence-corrected chi connectivity index (χ1v) is 9.66. The summed E-state index contributed by atoms with van der Waals surface area (Å²) in [7, 11) is 0. The van der Waals surface area contributed by atoms with E-state index in [1.54, 1.807) is 13.0 Å². The van der Waals surface area contributed by atoms with Crippen molar-refractivity contribution in [3.63, 3.8) is 0 Å². The first-order valence-electron chi connectivity index (χ1n) is 9.66. The summed E-state index contributed by atoms with van der Waals surface area (Å²) in [6.07, 6.45) is 10.1. The van der Waals surface area contributed by atoms with Crippen LogP contribution in [0.3, 0.4) is 0 Å². The van der Waals surface area contributed by atoms with Gasteiger partial charge in [0.15, 0.2) is 0 Å². The van der Waals surface area contributed by atoms with Gasteiger partial charge in [0.1, 0.15) is 17.6 Å². The van der Waals surface area contributed by atoms with Crippen LogP contribution >= 0.6 is 0 Å². The van der Waals surface area contributed by atoms with E-state index in [0.29, 0.717) is 23.8 Å². The number of carbonyl (C=O) groups is 1. The van der Waals surface area contributed by atoms with E-state index in [2.05, 4.69) is 0 Å². The molecule has 3 rings (SSSR count). The molecule has 1 saturated heterocycles. The molecule has 0 bridgehead atoms. The summed E-state index contributed by atoms with van der Waals surface area (Å²) in [5.74, 6) is 2.17. The highest BCUT2D eigenvalue weighted by Crippen LogP contribution is 2.28. The van der Waals surface area contributed by atoms with Crippen molar-refractivity contribution in [3.8, 4) is 5.75 Å². The highest BCUT2D eigenvalue weighted by Gasteiger charge is 2.25. The lowest BCUT2D eigenvalue weighted by Gasteiger charge is -2.32. The molecule has 0 N–H and O–H groups in total. The third kappa shape index (κ3) is 5.35. The Morgan fingerprint density at radius 2 is 1.88 bits per heavy atom. The Kier molecular flexibility index (Phi) is 6.16. The molecule has 5 heteroatoms. The molecule has 1 aliphatic carbocycles. The molecule has 1 aromatic rings. The summed E-state index contributed by atoms with van der Waals surface area (Å²) in [6, 6.07) is 3.12. The van der Waals surface area contributed by atoms with E-state index in [1.165, 1.54) is 38.2 Å². The van der Waals surface area contributed by atoms with Crippen molar-refractivity contribution in [3.05, 3.63) is 28.3 Å². The smallest absolute Gasteiger partial charge is 0.339 e. The Bertz CT molecular complexity index is 625. The van der Waals surface area contributed by atoms with Gasteiger partial charge in [0.05, 0.1) is 6.07 Å². The Labute approximate surface area is 149 Å². The van der Waals surface area contributed by atoms with Crippen molar-refractivity contribution in [2.45, 2.75) is 70.8 Å². The summed E-state index contributed by atoms with van der Waals surface area (Å²) < 4.78 is 10.8. The molecule has 25 heavy (non-hydrogen) atoms. The number of piperidine rings is 1. The van der Waals surface area contributed by atoms with Crippen molar-refractivity contribution in [1.29, 1.82) is 0 Å². The van der Waals surface area contributed by atoms with E-state index in [9.17, 15) is 9.59 Å². The van der Waals surface area contributed by atoms with Crippen LogP contribution in [-0.4, -0.2) is 30.0 Å². The second-order valence-electron chi connectivity index (χ2n) is 7.46. The van der Waals surface area contributed by atoms with E-state index in [-0.39, 0.29) is 11.7 Å². The second kappa shape index (κ2) is 8.54. The third-order valence-electron chi connectivity index (χ3n) is 5.46. The maximum atomic E-state index is 12.4. The number of ether oxygens (including phenoxy) is 1. The highest BCUT2D eigenvalue weighted by atomic mass is 16.5. The molecule has 1 amide bonds. The number of amides is 1. The lowest BCUT2D eigenvalue weighted by atomic mass is 9.86. The van der Waals surface area contributed by atoms with Crippen molar-refractivity contribution < 1.29 is 13.9 Å².